The Kier molecular flexibility index (Phi) is 4.99. The molecule has 1 aliphatic heterocycles. The van der Waals surface area contributed by atoms with E-state index in [4.69, 9.17) is 9.47 Å². The Morgan fingerprint density at radius 1 is 1.17 bits per heavy atom. The zero-order chi connectivity index (χ0) is 16.9. The van der Waals surface area contributed by atoms with Gasteiger partial charge in [-0.15, -0.1) is 0 Å². The standard InChI is InChI=1S/C19H20FNO3/c1-13(15-4-6-16(20)7-5-15)11-21-19(22)9-3-14-2-8-17-18(10-14)24-12-23-17/h2,4-8,10,13H,3,9,11-12H2,1H3,(H,21,22). The van der Waals surface area contributed by atoms with E-state index in [0.29, 0.717) is 19.4 Å². The average molecular weight is 329 g/mol. The maximum atomic E-state index is 12.9. The van der Waals surface area contributed by atoms with Gasteiger partial charge >= 0.3 is 0 Å². The van der Waals surface area contributed by atoms with Crippen LogP contribution < -0.4 is 14.8 Å². The van der Waals surface area contributed by atoms with E-state index in [0.717, 1.165) is 22.6 Å². The van der Waals surface area contributed by atoms with Gasteiger partial charge in [0, 0.05) is 13.0 Å². The molecule has 0 radical (unpaired) electrons. The van der Waals surface area contributed by atoms with Gasteiger partial charge in [-0.05, 0) is 47.7 Å². The molecule has 4 nitrogen and oxygen atoms in total. The molecule has 0 aliphatic carbocycles. The number of nitrogens with one attached hydrogen (secondary N) is 1. The Bertz CT molecular complexity index is 715. The van der Waals surface area contributed by atoms with E-state index in [9.17, 15) is 9.18 Å². The fraction of sp³-hybridized carbons (Fsp3) is 0.316. The van der Waals surface area contributed by atoms with Crippen LogP contribution in [0.15, 0.2) is 42.5 Å². The van der Waals surface area contributed by atoms with Crippen LogP contribution in [0.25, 0.3) is 0 Å². The van der Waals surface area contributed by atoms with E-state index >= 15 is 0 Å². The molecular formula is C19H20FNO3. The van der Waals surface area contributed by atoms with Gasteiger partial charge in [0.25, 0.3) is 0 Å². The van der Waals surface area contributed by atoms with E-state index < -0.39 is 0 Å². The minimum absolute atomic E-state index is 0.00151. The molecule has 2 aromatic rings. The molecule has 0 saturated heterocycles. The van der Waals surface area contributed by atoms with E-state index in [1.165, 1.54) is 12.1 Å². The summed E-state index contributed by atoms with van der Waals surface area (Å²) in [4.78, 5) is 12.0. The molecule has 2 aromatic carbocycles. The summed E-state index contributed by atoms with van der Waals surface area (Å²) >= 11 is 0. The lowest BCUT2D eigenvalue weighted by Crippen LogP contribution is -2.27. The van der Waals surface area contributed by atoms with Crippen molar-refractivity contribution in [2.24, 2.45) is 0 Å². The van der Waals surface area contributed by atoms with E-state index in [2.05, 4.69) is 5.32 Å². The maximum absolute atomic E-state index is 12.9. The Labute approximate surface area is 140 Å². The lowest BCUT2D eigenvalue weighted by molar-refractivity contribution is -0.121. The van der Waals surface area contributed by atoms with Crippen molar-refractivity contribution in [1.82, 2.24) is 5.32 Å². The monoisotopic (exact) mass is 329 g/mol. The van der Waals surface area contributed by atoms with Crippen LogP contribution in [0.2, 0.25) is 0 Å². The number of carbonyl (C=O) groups is 1. The molecule has 0 saturated carbocycles. The summed E-state index contributed by atoms with van der Waals surface area (Å²) in [5.74, 6) is 1.37. The fourth-order valence-electron chi connectivity index (χ4n) is 2.62. The third kappa shape index (κ3) is 4.04. The topological polar surface area (TPSA) is 47.6 Å². The molecule has 3 rings (SSSR count). The normalized spacial score (nSPS) is 13.6. The number of benzene rings is 2. The van der Waals surface area contributed by atoms with Gasteiger partial charge in [0.1, 0.15) is 5.82 Å². The van der Waals surface area contributed by atoms with Crippen molar-refractivity contribution in [1.29, 1.82) is 0 Å². The van der Waals surface area contributed by atoms with Gasteiger partial charge in [0.05, 0.1) is 0 Å². The first-order valence-corrected chi connectivity index (χ1v) is 8.02. The molecule has 0 spiro atoms. The molecule has 0 bridgehead atoms. The van der Waals surface area contributed by atoms with Crippen LogP contribution in [0.4, 0.5) is 4.39 Å². The summed E-state index contributed by atoms with van der Waals surface area (Å²) in [6.07, 6.45) is 1.06. The number of ether oxygens (including phenoxy) is 2. The highest BCUT2D eigenvalue weighted by molar-refractivity contribution is 5.76. The summed E-state index contributed by atoms with van der Waals surface area (Å²) in [5.41, 5.74) is 2.05. The number of fused-ring (bicyclic) bond motifs is 1. The maximum Gasteiger partial charge on any atom is 0.231 e. The molecule has 24 heavy (non-hydrogen) atoms. The summed E-state index contributed by atoms with van der Waals surface area (Å²) in [6.45, 7) is 2.79. The number of rotatable bonds is 6. The van der Waals surface area contributed by atoms with Gasteiger partial charge in [-0.2, -0.15) is 0 Å². The zero-order valence-electron chi connectivity index (χ0n) is 13.5. The lowest BCUT2D eigenvalue weighted by atomic mass is 10.0. The quantitative estimate of drug-likeness (QED) is 0.883. The molecule has 1 heterocycles. The first-order valence-electron chi connectivity index (χ1n) is 8.02. The first-order chi connectivity index (χ1) is 11.6. The smallest absolute Gasteiger partial charge is 0.231 e. The lowest BCUT2D eigenvalue weighted by Gasteiger charge is -2.13. The van der Waals surface area contributed by atoms with Crippen LogP contribution in [0.1, 0.15) is 30.4 Å². The molecule has 1 atom stereocenters. The summed E-state index contributed by atoms with van der Waals surface area (Å²) in [7, 11) is 0. The number of hydrogen-bond acceptors (Lipinski definition) is 3. The van der Waals surface area contributed by atoms with Crippen molar-refractivity contribution in [3.05, 3.63) is 59.4 Å². The van der Waals surface area contributed by atoms with Crippen LogP contribution in [0.5, 0.6) is 11.5 Å². The summed E-state index contributed by atoms with van der Waals surface area (Å²) in [5, 5.41) is 2.93. The van der Waals surface area contributed by atoms with Crippen molar-refractivity contribution in [3.8, 4) is 11.5 Å². The Balaban J connectivity index is 1.45. The number of aryl methyl sites for hydroxylation is 1. The van der Waals surface area contributed by atoms with Crippen molar-refractivity contribution in [2.45, 2.75) is 25.7 Å². The summed E-state index contributed by atoms with van der Waals surface area (Å²) in [6, 6.07) is 12.1. The second-order valence-corrected chi connectivity index (χ2v) is 5.94. The van der Waals surface area contributed by atoms with Gasteiger partial charge < -0.3 is 14.8 Å². The molecule has 5 heteroatoms. The fourth-order valence-corrected chi connectivity index (χ4v) is 2.62. The Morgan fingerprint density at radius 3 is 2.71 bits per heavy atom. The van der Waals surface area contributed by atoms with Crippen LogP contribution in [0.3, 0.4) is 0 Å². The van der Waals surface area contributed by atoms with Gasteiger partial charge in [-0.3, -0.25) is 4.79 Å². The van der Waals surface area contributed by atoms with Crippen LogP contribution in [0, 0.1) is 5.82 Å². The molecular weight excluding hydrogens is 309 g/mol. The van der Waals surface area contributed by atoms with Crippen LogP contribution >= 0.6 is 0 Å². The number of carbonyl (C=O) groups excluding carboxylic acids is 1. The third-order valence-electron chi connectivity index (χ3n) is 4.12. The first kappa shape index (κ1) is 16.3. The average Bonchev–Trinajstić information content (AvgIpc) is 3.06. The number of halogens is 1. The second-order valence-electron chi connectivity index (χ2n) is 5.94. The molecule has 1 aliphatic rings. The SMILES string of the molecule is CC(CNC(=O)CCc1ccc2c(c1)OCO2)c1ccc(F)cc1. The van der Waals surface area contributed by atoms with Gasteiger partial charge in [-0.25, -0.2) is 4.39 Å². The molecule has 0 aromatic heterocycles. The highest BCUT2D eigenvalue weighted by Gasteiger charge is 2.14. The third-order valence-corrected chi connectivity index (χ3v) is 4.12. The van der Waals surface area contributed by atoms with Crippen LogP contribution in [-0.2, 0) is 11.2 Å². The van der Waals surface area contributed by atoms with Gasteiger partial charge in [-0.1, -0.05) is 25.1 Å². The number of hydrogen-bond donors (Lipinski definition) is 1. The number of amides is 1. The predicted octanol–water partition coefficient (Wildman–Crippen LogP) is 3.41. The molecule has 1 N–H and O–H groups in total. The van der Waals surface area contributed by atoms with Gasteiger partial charge in [0.15, 0.2) is 11.5 Å². The van der Waals surface area contributed by atoms with Gasteiger partial charge in [0.2, 0.25) is 12.7 Å². The molecule has 1 unspecified atom stereocenters. The van der Waals surface area contributed by atoms with E-state index in [-0.39, 0.29) is 24.4 Å². The Hall–Kier alpha value is -2.56. The largest absolute Gasteiger partial charge is 0.454 e. The molecule has 1 amide bonds. The van der Waals surface area contributed by atoms with E-state index in [1.54, 1.807) is 12.1 Å². The molecule has 126 valence electrons. The second kappa shape index (κ2) is 7.34. The van der Waals surface area contributed by atoms with Crippen molar-refractivity contribution < 1.29 is 18.7 Å². The Morgan fingerprint density at radius 2 is 1.92 bits per heavy atom. The van der Waals surface area contributed by atoms with Crippen molar-refractivity contribution in [3.63, 3.8) is 0 Å². The summed E-state index contributed by atoms with van der Waals surface area (Å²) < 4.78 is 23.5. The zero-order valence-corrected chi connectivity index (χ0v) is 13.5. The van der Waals surface area contributed by atoms with Crippen LogP contribution in [-0.4, -0.2) is 19.2 Å². The van der Waals surface area contributed by atoms with Crippen molar-refractivity contribution >= 4 is 5.91 Å². The minimum atomic E-state index is -0.251. The van der Waals surface area contributed by atoms with E-state index in [1.807, 2.05) is 25.1 Å². The highest BCUT2D eigenvalue weighted by Crippen LogP contribution is 2.32. The van der Waals surface area contributed by atoms with Crippen molar-refractivity contribution in [2.75, 3.05) is 13.3 Å². The predicted molar refractivity (Wildman–Crippen MR) is 88.7 cm³/mol. The minimum Gasteiger partial charge on any atom is -0.454 e. The molecule has 0 fully saturated rings. The highest BCUT2D eigenvalue weighted by atomic mass is 19.1.